The van der Waals surface area contributed by atoms with E-state index in [1.165, 1.54) is 19.8 Å². The molecule has 2 rings (SSSR count). The summed E-state index contributed by atoms with van der Waals surface area (Å²) < 4.78 is 5.33. The van der Waals surface area contributed by atoms with Crippen LogP contribution in [0.2, 0.25) is 0 Å². The zero-order valence-corrected chi connectivity index (χ0v) is 10.8. The van der Waals surface area contributed by atoms with Gasteiger partial charge in [0, 0.05) is 19.0 Å². The van der Waals surface area contributed by atoms with Gasteiger partial charge in [-0.05, 0) is 33.2 Å². The molecule has 0 saturated carbocycles. The number of Topliss-reactive ketones (excluding diaryl/α,β-unsaturated/α-hetero) is 1. The van der Waals surface area contributed by atoms with E-state index in [1.54, 1.807) is 6.07 Å². The van der Waals surface area contributed by atoms with Crippen LogP contribution in [0.1, 0.15) is 62.3 Å². The summed E-state index contributed by atoms with van der Waals surface area (Å²) in [6.07, 6.45) is 3.54. The molecule has 0 aromatic carbocycles. The van der Waals surface area contributed by atoms with Crippen molar-refractivity contribution in [3.8, 4) is 0 Å². The molecule has 1 atom stereocenters. The van der Waals surface area contributed by atoms with Crippen LogP contribution in [0.15, 0.2) is 10.6 Å². The smallest absolute Gasteiger partial charge is 0.181 e. The maximum atomic E-state index is 11.2. The van der Waals surface area contributed by atoms with Gasteiger partial charge in [0.2, 0.25) is 0 Å². The van der Waals surface area contributed by atoms with E-state index in [9.17, 15) is 4.79 Å². The maximum Gasteiger partial charge on any atom is 0.181 e. The second-order valence-corrected chi connectivity index (χ2v) is 5.01. The summed E-state index contributed by atoms with van der Waals surface area (Å²) in [6.45, 7) is 7.00. The summed E-state index contributed by atoms with van der Waals surface area (Å²) in [5, 5.41) is 3.83. The molecule has 1 saturated heterocycles. The lowest BCUT2D eigenvalue weighted by molar-refractivity contribution is 0.0907. The summed E-state index contributed by atoms with van der Waals surface area (Å²) in [7, 11) is 0. The maximum absolute atomic E-state index is 11.2. The summed E-state index contributed by atoms with van der Waals surface area (Å²) in [4.78, 5) is 13.6. The molecule has 2 heterocycles. The molecule has 0 bridgehead atoms. The Bertz CT molecular complexity index is 398. The van der Waals surface area contributed by atoms with Crippen molar-refractivity contribution in [2.24, 2.45) is 0 Å². The summed E-state index contributed by atoms with van der Waals surface area (Å²) in [5.74, 6) is 0.801. The van der Waals surface area contributed by atoms with E-state index in [1.807, 2.05) is 0 Å². The van der Waals surface area contributed by atoms with Gasteiger partial charge in [0.25, 0.3) is 0 Å². The second-order valence-electron chi connectivity index (χ2n) is 5.01. The Morgan fingerprint density at radius 1 is 1.53 bits per heavy atom. The largest absolute Gasteiger partial charge is 0.359 e. The Hall–Kier alpha value is -1.16. The molecule has 1 aromatic heterocycles. The van der Waals surface area contributed by atoms with Gasteiger partial charge in [-0.2, -0.15) is 0 Å². The lowest BCUT2D eigenvalue weighted by Crippen LogP contribution is -2.38. The second kappa shape index (κ2) is 5.00. The summed E-state index contributed by atoms with van der Waals surface area (Å²) in [6, 6.07) is 2.57. The zero-order chi connectivity index (χ0) is 12.4. The molecule has 0 radical (unpaired) electrons. The predicted molar refractivity (Wildman–Crippen MR) is 64.9 cm³/mol. The molecule has 1 aromatic rings. The van der Waals surface area contributed by atoms with Crippen molar-refractivity contribution in [1.82, 2.24) is 10.1 Å². The third-order valence-electron chi connectivity index (χ3n) is 3.43. The highest BCUT2D eigenvalue weighted by Crippen LogP contribution is 2.32. The molecule has 1 unspecified atom stereocenters. The molecular formula is C13H20N2O2. The van der Waals surface area contributed by atoms with Crippen LogP contribution >= 0.6 is 0 Å². The average Bonchev–Trinajstić information content (AvgIpc) is 2.78. The number of ketones is 1. The molecule has 1 fully saturated rings. The third kappa shape index (κ3) is 2.57. The van der Waals surface area contributed by atoms with Crippen molar-refractivity contribution < 1.29 is 9.32 Å². The highest BCUT2D eigenvalue weighted by Gasteiger charge is 2.29. The molecule has 94 valence electrons. The number of carbonyl (C=O) groups is 1. The lowest BCUT2D eigenvalue weighted by atomic mass is 9.98. The van der Waals surface area contributed by atoms with Gasteiger partial charge < -0.3 is 4.52 Å². The van der Waals surface area contributed by atoms with Crippen molar-refractivity contribution in [3.63, 3.8) is 0 Å². The van der Waals surface area contributed by atoms with Crippen LogP contribution in [0.5, 0.6) is 0 Å². The summed E-state index contributed by atoms with van der Waals surface area (Å²) in [5.41, 5.74) is 0.439. The predicted octanol–water partition coefficient (Wildman–Crippen LogP) is 2.81. The molecule has 1 aliphatic heterocycles. The highest BCUT2D eigenvalue weighted by atomic mass is 16.5. The van der Waals surface area contributed by atoms with E-state index >= 15 is 0 Å². The van der Waals surface area contributed by atoms with Crippen molar-refractivity contribution in [2.45, 2.75) is 52.1 Å². The number of piperidine rings is 1. The molecule has 4 nitrogen and oxygen atoms in total. The topological polar surface area (TPSA) is 46.3 Å². The minimum absolute atomic E-state index is 0.0353. The highest BCUT2D eigenvalue weighted by molar-refractivity contribution is 5.91. The molecule has 0 N–H and O–H groups in total. The van der Waals surface area contributed by atoms with Crippen molar-refractivity contribution in [2.75, 3.05) is 6.54 Å². The molecule has 17 heavy (non-hydrogen) atoms. The fourth-order valence-electron chi connectivity index (χ4n) is 2.49. The molecule has 1 aliphatic rings. The van der Waals surface area contributed by atoms with Crippen LogP contribution in [-0.2, 0) is 0 Å². The number of carbonyl (C=O) groups excluding carboxylic acids is 1. The Labute approximate surface area is 102 Å². The number of hydrogen-bond donors (Lipinski definition) is 0. The van der Waals surface area contributed by atoms with Crippen LogP contribution < -0.4 is 0 Å². The fraction of sp³-hybridized carbons (Fsp3) is 0.692. The first-order valence-corrected chi connectivity index (χ1v) is 6.33. The van der Waals surface area contributed by atoms with E-state index in [-0.39, 0.29) is 11.8 Å². The van der Waals surface area contributed by atoms with Crippen molar-refractivity contribution >= 4 is 5.78 Å². The number of rotatable bonds is 3. The first-order chi connectivity index (χ1) is 8.09. The minimum Gasteiger partial charge on any atom is -0.359 e. The van der Waals surface area contributed by atoms with Crippen LogP contribution in [0.4, 0.5) is 0 Å². The molecular weight excluding hydrogens is 216 g/mol. The van der Waals surface area contributed by atoms with E-state index in [0.717, 1.165) is 18.7 Å². The van der Waals surface area contributed by atoms with Gasteiger partial charge in [-0.1, -0.05) is 11.6 Å². The molecule has 0 amide bonds. The summed E-state index contributed by atoms with van der Waals surface area (Å²) >= 11 is 0. The zero-order valence-electron chi connectivity index (χ0n) is 10.8. The number of hydrogen-bond acceptors (Lipinski definition) is 4. The Balaban J connectivity index is 2.20. The van der Waals surface area contributed by atoms with Gasteiger partial charge in [0.05, 0.1) is 6.04 Å². The molecule has 0 spiro atoms. The van der Waals surface area contributed by atoms with Crippen LogP contribution in [0.3, 0.4) is 0 Å². The van der Waals surface area contributed by atoms with Crippen molar-refractivity contribution in [3.05, 3.63) is 17.5 Å². The first-order valence-electron chi connectivity index (χ1n) is 6.33. The first kappa shape index (κ1) is 12.3. The Kier molecular flexibility index (Phi) is 3.62. The van der Waals surface area contributed by atoms with E-state index in [2.05, 4.69) is 23.9 Å². The monoisotopic (exact) mass is 236 g/mol. The van der Waals surface area contributed by atoms with Gasteiger partial charge in [0.15, 0.2) is 11.5 Å². The number of aromatic nitrogens is 1. The van der Waals surface area contributed by atoms with Gasteiger partial charge >= 0.3 is 0 Å². The lowest BCUT2D eigenvalue weighted by Gasteiger charge is -2.37. The minimum atomic E-state index is -0.0353. The normalized spacial score (nSPS) is 22.0. The van der Waals surface area contributed by atoms with Crippen molar-refractivity contribution in [1.29, 1.82) is 0 Å². The van der Waals surface area contributed by atoms with E-state index in [4.69, 9.17) is 4.52 Å². The van der Waals surface area contributed by atoms with Gasteiger partial charge in [-0.15, -0.1) is 0 Å². The Morgan fingerprint density at radius 2 is 2.29 bits per heavy atom. The number of nitrogens with zero attached hydrogens (tertiary/aromatic N) is 2. The average molecular weight is 236 g/mol. The number of likely N-dealkylation sites (tertiary alicyclic amines) is 1. The van der Waals surface area contributed by atoms with Gasteiger partial charge in [-0.3, -0.25) is 9.69 Å². The quantitative estimate of drug-likeness (QED) is 0.757. The van der Waals surface area contributed by atoms with Gasteiger partial charge in [-0.25, -0.2) is 0 Å². The molecule has 0 aliphatic carbocycles. The van der Waals surface area contributed by atoms with Crippen LogP contribution in [0, 0.1) is 0 Å². The standard InChI is InChI=1S/C13H20N2O2/c1-9(2)15-7-5-4-6-12(15)13-8-11(10(3)16)14-17-13/h8-9,12H,4-7H2,1-3H3. The van der Waals surface area contributed by atoms with E-state index < -0.39 is 0 Å². The van der Waals surface area contributed by atoms with Crippen LogP contribution in [0.25, 0.3) is 0 Å². The third-order valence-corrected chi connectivity index (χ3v) is 3.43. The fourth-order valence-corrected chi connectivity index (χ4v) is 2.49. The molecule has 4 heteroatoms. The van der Waals surface area contributed by atoms with Crippen LogP contribution in [-0.4, -0.2) is 28.4 Å². The van der Waals surface area contributed by atoms with Gasteiger partial charge in [0.1, 0.15) is 5.69 Å². The Morgan fingerprint density at radius 3 is 2.88 bits per heavy atom. The SMILES string of the molecule is CC(=O)c1cc(C2CCCCN2C(C)C)on1. The van der Waals surface area contributed by atoms with E-state index in [0.29, 0.717) is 11.7 Å².